The standard InChI is InChI=1S/C13H18N2O/c1-16-13-9-10(4-2-3-6-14)8-12-11(13)5-7-15-12/h5,7-9,15H,2-4,6,14H2,1H3. The number of rotatable bonds is 5. The normalized spacial score (nSPS) is 10.9. The maximum absolute atomic E-state index is 5.49. The van der Waals surface area contributed by atoms with Crippen molar-refractivity contribution in [2.45, 2.75) is 19.3 Å². The molecule has 1 aromatic carbocycles. The number of fused-ring (bicyclic) bond motifs is 1. The molecule has 0 bridgehead atoms. The van der Waals surface area contributed by atoms with E-state index in [2.05, 4.69) is 17.1 Å². The molecular formula is C13H18N2O. The molecule has 0 radical (unpaired) electrons. The number of nitrogens with one attached hydrogen (secondary N) is 1. The van der Waals surface area contributed by atoms with Crippen molar-refractivity contribution >= 4 is 10.9 Å². The van der Waals surface area contributed by atoms with Crippen LogP contribution in [0.25, 0.3) is 10.9 Å². The molecule has 2 rings (SSSR count). The van der Waals surface area contributed by atoms with E-state index in [0.29, 0.717) is 0 Å². The number of aromatic amines is 1. The van der Waals surface area contributed by atoms with Gasteiger partial charge in [0.2, 0.25) is 0 Å². The van der Waals surface area contributed by atoms with E-state index in [9.17, 15) is 0 Å². The molecule has 0 spiro atoms. The summed E-state index contributed by atoms with van der Waals surface area (Å²) in [5.74, 6) is 0.946. The highest BCUT2D eigenvalue weighted by molar-refractivity contribution is 5.86. The predicted octanol–water partition coefficient (Wildman–Crippen LogP) is 2.46. The van der Waals surface area contributed by atoms with Crippen molar-refractivity contribution in [3.8, 4) is 5.75 Å². The first-order chi connectivity index (χ1) is 7.85. The molecule has 0 aliphatic carbocycles. The van der Waals surface area contributed by atoms with Gasteiger partial charge in [0.1, 0.15) is 5.75 Å². The SMILES string of the molecule is COc1cc(CCCCN)cc2[nH]ccc12. The number of nitrogens with two attached hydrogens (primary N) is 1. The summed E-state index contributed by atoms with van der Waals surface area (Å²) in [5.41, 5.74) is 7.94. The highest BCUT2D eigenvalue weighted by Gasteiger charge is 2.05. The molecule has 0 saturated carbocycles. The van der Waals surface area contributed by atoms with Crippen LogP contribution >= 0.6 is 0 Å². The molecule has 16 heavy (non-hydrogen) atoms. The summed E-state index contributed by atoms with van der Waals surface area (Å²) in [6, 6.07) is 6.35. The molecule has 0 saturated heterocycles. The Labute approximate surface area is 95.6 Å². The quantitative estimate of drug-likeness (QED) is 0.757. The smallest absolute Gasteiger partial charge is 0.128 e. The molecule has 0 atom stereocenters. The molecule has 0 unspecified atom stereocenters. The van der Waals surface area contributed by atoms with Gasteiger partial charge in [0.15, 0.2) is 0 Å². The third-order valence-electron chi connectivity index (χ3n) is 2.83. The number of hydrogen-bond donors (Lipinski definition) is 2. The first-order valence-corrected chi connectivity index (χ1v) is 5.69. The fraction of sp³-hybridized carbons (Fsp3) is 0.385. The van der Waals surface area contributed by atoms with Crippen LogP contribution in [0.1, 0.15) is 18.4 Å². The molecule has 86 valence electrons. The zero-order chi connectivity index (χ0) is 11.4. The highest BCUT2D eigenvalue weighted by atomic mass is 16.5. The number of methoxy groups -OCH3 is 1. The topological polar surface area (TPSA) is 51.0 Å². The van der Waals surface area contributed by atoms with Crippen LogP contribution in [0.3, 0.4) is 0 Å². The van der Waals surface area contributed by atoms with Crippen LogP contribution in [0.4, 0.5) is 0 Å². The second-order valence-electron chi connectivity index (χ2n) is 3.98. The Bertz CT molecular complexity index is 462. The van der Waals surface area contributed by atoms with Gasteiger partial charge >= 0.3 is 0 Å². The van der Waals surface area contributed by atoms with Gasteiger partial charge in [-0.2, -0.15) is 0 Å². The second-order valence-corrected chi connectivity index (χ2v) is 3.98. The van der Waals surface area contributed by atoms with Gasteiger partial charge in [0.05, 0.1) is 7.11 Å². The average Bonchev–Trinajstić information content (AvgIpc) is 2.76. The zero-order valence-electron chi connectivity index (χ0n) is 9.62. The van der Waals surface area contributed by atoms with E-state index in [-0.39, 0.29) is 0 Å². The number of aryl methyl sites for hydroxylation is 1. The second kappa shape index (κ2) is 5.03. The van der Waals surface area contributed by atoms with Crippen LogP contribution in [0.15, 0.2) is 24.4 Å². The molecule has 2 aromatic rings. The minimum absolute atomic E-state index is 0.766. The number of benzene rings is 1. The van der Waals surface area contributed by atoms with Gasteiger partial charge in [0, 0.05) is 17.1 Å². The van der Waals surface area contributed by atoms with Crippen LogP contribution in [0.2, 0.25) is 0 Å². The Balaban J connectivity index is 2.25. The van der Waals surface area contributed by atoms with Crippen LogP contribution in [0.5, 0.6) is 5.75 Å². The van der Waals surface area contributed by atoms with Crippen molar-refractivity contribution in [2.75, 3.05) is 13.7 Å². The fourth-order valence-corrected chi connectivity index (χ4v) is 1.98. The average molecular weight is 218 g/mol. The largest absolute Gasteiger partial charge is 0.496 e. The summed E-state index contributed by atoms with van der Waals surface area (Å²) in [6.07, 6.45) is 5.20. The summed E-state index contributed by atoms with van der Waals surface area (Å²) < 4.78 is 5.39. The van der Waals surface area contributed by atoms with Crippen molar-refractivity contribution in [3.63, 3.8) is 0 Å². The van der Waals surface area contributed by atoms with Crippen molar-refractivity contribution in [1.82, 2.24) is 4.98 Å². The minimum Gasteiger partial charge on any atom is -0.496 e. The maximum atomic E-state index is 5.49. The van der Waals surface area contributed by atoms with Gasteiger partial charge in [0.25, 0.3) is 0 Å². The van der Waals surface area contributed by atoms with Crippen molar-refractivity contribution in [2.24, 2.45) is 5.73 Å². The highest BCUT2D eigenvalue weighted by Crippen LogP contribution is 2.27. The molecular weight excluding hydrogens is 200 g/mol. The third-order valence-corrected chi connectivity index (χ3v) is 2.83. The Morgan fingerprint density at radius 1 is 1.31 bits per heavy atom. The van der Waals surface area contributed by atoms with E-state index in [1.807, 2.05) is 12.3 Å². The fourth-order valence-electron chi connectivity index (χ4n) is 1.98. The van der Waals surface area contributed by atoms with E-state index >= 15 is 0 Å². The number of ether oxygens (including phenoxy) is 1. The lowest BCUT2D eigenvalue weighted by Gasteiger charge is -2.06. The molecule has 3 heteroatoms. The van der Waals surface area contributed by atoms with E-state index in [1.165, 1.54) is 5.56 Å². The number of aromatic nitrogens is 1. The summed E-state index contributed by atoms with van der Waals surface area (Å²) in [7, 11) is 1.71. The molecule has 3 N–H and O–H groups in total. The van der Waals surface area contributed by atoms with Gasteiger partial charge in [-0.05, 0) is 49.6 Å². The van der Waals surface area contributed by atoms with E-state index < -0.39 is 0 Å². The number of hydrogen-bond acceptors (Lipinski definition) is 2. The summed E-state index contributed by atoms with van der Waals surface area (Å²) in [5, 5.41) is 1.14. The number of unbranched alkanes of at least 4 members (excludes halogenated alkanes) is 1. The Kier molecular flexibility index (Phi) is 3.47. The van der Waals surface area contributed by atoms with Gasteiger partial charge in [-0.1, -0.05) is 0 Å². The van der Waals surface area contributed by atoms with E-state index in [1.54, 1.807) is 7.11 Å². The third kappa shape index (κ3) is 2.19. The maximum Gasteiger partial charge on any atom is 0.128 e. The first-order valence-electron chi connectivity index (χ1n) is 5.69. The van der Waals surface area contributed by atoms with Crippen LogP contribution in [-0.2, 0) is 6.42 Å². The van der Waals surface area contributed by atoms with Crippen molar-refractivity contribution in [1.29, 1.82) is 0 Å². The lowest BCUT2D eigenvalue weighted by Crippen LogP contribution is -1.99. The lowest BCUT2D eigenvalue weighted by molar-refractivity contribution is 0.419. The number of H-pyrrole nitrogens is 1. The predicted molar refractivity (Wildman–Crippen MR) is 66.8 cm³/mol. The van der Waals surface area contributed by atoms with E-state index in [4.69, 9.17) is 10.5 Å². The summed E-state index contributed by atoms with van der Waals surface area (Å²) in [4.78, 5) is 3.22. The van der Waals surface area contributed by atoms with Crippen LogP contribution in [-0.4, -0.2) is 18.6 Å². The van der Waals surface area contributed by atoms with Gasteiger partial charge in [-0.3, -0.25) is 0 Å². The monoisotopic (exact) mass is 218 g/mol. The molecule has 0 amide bonds. The van der Waals surface area contributed by atoms with Crippen molar-refractivity contribution in [3.05, 3.63) is 30.0 Å². The van der Waals surface area contributed by atoms with Gasteiger partial charge in [-0.25, -0.2) is 0 Å². The zero-order valence-corrected chi connectivity index (χ0v) is 9.62. The molecule has 3 nitrogen and oxygen atoms in total. The van der Waals surface area contributed by atoms with Crippen LogP contribution < -0.4 is 10.5 Å². The molecule has 1 aromatic heterocycles. The van der Waals surface area contributed by atoms with Crippen molar-refractivity contribution < 1.29 is 4.74 Å². The minimum atomic E-state index is 0.766. The first kappa shape index (κ1) is 11.0. The molecule has 0 aliphatic rings. The molecule has 0 aliphatic heterocycles. The summed E-state index contributed by atoms with van der Waals surface area (Å²) >= 11 is 0. The lowest BCUT2D eigenvalue weighted by atomic mass is 10.1. The Morgan fingerprint density at radius 3 is 2.94 bits per heavy atom. The van der Waals surface area contributed by atoms with E-state index in [0.717, 1.165) is 42.5 Å². The summed E-state index contributed by atoms with van der Waals surface area (Å²) in [6.45, 7) is 0.766. The van der Waals surface area contributed by atoms with Gasteiger partial charge in [-0.15, -0.1) is 0 Å². The Morgan fingerprint density at radius 2 is 2.19 bits per heavy atom. The molecule has 0 fully saturated rings. The molecule has 1 heterocycles. The Hall–Kier alpha value is -1.48. The van der Waals surface area contributed by atoms with Crippen LogP contribution in [0, 0.1) is 0 Å². The van der Waals surface area contributed by atoms with Gasteiger partial charge < -0.3 is 15.5 Å².